The number of likely N-dealkylation sites (tertiary alicyclic amines) is 1. The van der Waals surface area contributed by atoms with Gasteiger partial charge in [0.15, 0.2) is 6.61 Å². The van der Waals surface area contributed by atoms with Gasteiger partial charge in [0.1, 0.15) is 23.8 Å². The molecule has 0 aromatic heterocycles. The van der Waals surface area contributed by atoms with Gasteiger partial charge in [-0.05, 0) is 92.6 Å². The number of aliphatic hydroxyl groups is 1. The summed E-state index contributed by atoms with van der Waals surface area (Å²) >= 11 is 6.12. The molecule has 50 heavy (non-hydrogen) atoms. The Bertz CT molecular complexity index is 1800. The Kier molecular flexibility index (Phi) is 10.7. The number of carbonyl (C=O) groups is 2. The number of aryl methyl sites for hydroxylation is 2. The normalized spacial score (nSPS) is 19.7. The second kappa shape index (κ2) is 14.2. The number of piperidine rings is 2. The van der Waals surface area contributed by atoms with Crippen LogP contribution in [0.4, 0.5) is 22.0 Å². The number of aliphatic imine (C=N–C) groups is 1. The zero-order chi connectivity index (χ0) is 36.6. The molecule has 2 N–H and O–H groups in total. The van der Waals surface area contributed by atoms with E-state index in [4.69, 9.17) is 16.3 Å². The molecule has 5 rings (SSSR count). The molecule has 2 aromatic rings. The first-order chi connectivity index (χ1) is 23.4. The fourth-order valence-corrected chi connectivity index (χ4v) is 7.56. The first kappa shape index (κ1) is 37.7. The molecule has 1 spiro atoms. The van der Waals surface area contributed by atoms with Crippen molar-refractivity contribution in [3.8, 4) is 5.75 Å². The fraction of sp³-hybridized carbons (Fsp3) is 0.485. The zero-order valence-corrected chi connectivity index (χ0v) is 28.8. The molecule has 0 radical (unpaired) electrons. The Balaban J connectivity index is 1.22. The van der Waals surface area contributed by atoms with Gasteiger partial charge in [0.05, 0.1) is 10.6 Å². The Labute approximate surface area is 291 Å². The average Bonchev–Trinajstić information content (AvgIpc) is 3.38. The summed E-state index contributed by atoms with van der Waals surface area (Å²) in [6.45, 7) is 1.48. The van der Waals surface area contributed by atoms with Crippen molar-refractivity contribution in [2.24, 2.45) is 4.99 Å². The van der Waals surface area contributed by atoms with E-state index in [1.54, 1.807) is 30.9 Å². The van der Waals surface area contributed by atoms with Crippen LogP contribution in [-0.4, -0.2) is 103 Å². The van der Waals surface area contributed by atoms with E-state index >= 15 is 0 Å². The predicted octanol–water partition coefficient (Wildman–Crippen LogP) is 4.88. The third-order valence-electron chi connectivity index (χ3n) is 9.31. The molecule has 0 unspecified atom stereocenters. The van der Waals surface area contributed by atoms with Gasteiger partial charge >= 0.3 is 12.3 Å². The summed E-state index contributed by atoms with van der Waals surface area (Å²) < 4.78 is 97.2. The molecule has 2 amide bonds. The molecule has 10 nitrogen and oxygen atoms in total. The summed E-state index contributed by atoms with van der Waals surface area (Å²) in [6, 6.07) is 7.18. The number of alkyl halides is 5. The maximum Gasteiger partial charge on any atom is 0.340 e. The van der Waals surface area contributed by atoms with Gasteiger partial charge < -0.3 is 20.1 Å². The van der Waals surface area contributed by atoms with Crippen LogP contribution in [0.5, 0.6) is 5.75 Å². The number of benzene rings is 2. The molecule has 272 valence electrons. The summed E-state index contributed by atoms with van der Waals surface area (Å²) in [5, 5.41) is 13.7. The van der Waals surface area contributed by atoms with Crippen molar-refractivity contribution in [1.29, 1.82) is 0 Å². The summed E-state index contributed by atoms with van der Waals surface area (Å²) in [7, 11) is -3.92. The second-order valence-corrected chi connectivity index (χ2v) is 15.1. The lowest BCUT2D eigenvalue weighted by atomic mass is 9.89. The minimum Gasteiger partial charge on any atom is -0.486 e. The largest absolute Gasteiger partial charge is 0.486 e. The zero-order valence-electron chi connectivity index (χ0n) is 27.2. The van der Waals surface area contributed by atoms with Crippen molar-refractivity contribution in [2.45, 2.75) is 63.0 Å². The molecule has 2 fully saturated rings. The number of halogens is 6. The summed E-state index contributed by atoms with van der Waals surface area (Å²) in [4.78, 5) is 32.3. The molecule has 0 bridgehead atoms. The van der Waals surface area contributed by atoms with Crippen LogP contribution >= 0.6 is 11.6 Å². The number of amidine groups is 1. The highest BCUT2D eigenvalue weighted by Gasteiger charge is 2.47. The van der Waals surface area contributed by atoms with Crippen LogP contribution in [0, 0.1) is 13.8 Å². The van der Waals surface area contributed by atoms with Crippen LogP contribution in [0.3, 0.4) is 0 Å². The Morgan fingerprint density at radius 2 is 1.72 bits per heavy atom. The highest BCUT2D eigenvalue weighted by Crippen LogP contribution is 2.35. The molecule has 3 aliphatic heterocycles. The van der Waals surface area contributed by atoms with Gasteiger partial charge in [-0.1, -0.05) is 11.6 Å². The molecule has 0 aliphatic carbocycles. The van der Waals surface area contributed by atoms with E-state index in [9.17, 15) is 45.1 Å². The molecule has 3 heterocycles. The topological polar surface area (TPSA) is 129 Å². The van der Waals surface area contributed by atoms with Crippen LogP contribution < -0.4 is 10.1 Å². The lowest BCUT2D eigenvalue weighted by molar-refractivity contribution is -0.148. The van der Waals surface area contributed by atoms with Crippen LogP contribution in [0.25, 0.3) is 6.08 Å². The molecule has 2 saturated heterocycles. The van der Waals surface area contributed by atoms with Crippen molar-refractivity contribution in [2.75, 3.05) is 39.5 Å². The smallest absolute Gasteiger partial charge is 0.340 e. The lowest BCUT2D eigenvalue weighted by Gasteiger charge is -2.36. The van der Waals surface area contributed by atoms with Gasteiger partial charge in [0, 0.05) is 42.7 Å². The van der Waals surface area contributed by atoms with Crippen LogP contribution in [0.2, 0.25) is 5.02 Å². The van der Waals surface area contributed by atoms with Crippen molar-refractivity contribution < 1.29 is 49.8 Å². The molecular formula is C33H36ClF5N4O6S. The fourth-order valence-electron chi connectivity index (χ4n) is 6.15. The maximum absolute atomic E-state index is 13.3. The van der Waals surface area contributed by atoms with E-state index in [-0.39, 0.29) is 74.4 Å². The molecular weight excluding hydrogens is 711 g/mol. The molecule has 2 aromatic carbocycles. The minimum atomic E-state index is -4.37. The lowest BCUT2D eigenvalue weighted by Crippen LogP contribution is -2.50. The van der Waals surface area contributed by atoms with E-state index in [2.05, 4.69) is 10.3 Å². The van der Waals surface area contributed by atoms with Gasteiger partial charge in [-0.2, -0.15) is 13.1 Å². The van der Waals surface area contributed by atoms with Crippen LogP contribution in [0.15, 0.2) is 40.7 Å². The predicted molar refractivity (Wildman–Crippen MR) is 176 cm³/mol. The number of carbonyl (C=O) groups excluding carboxylic acids is 2. The third kappa shape index (κ3) is 7.82. The van der Waals surface area contributed by atoms with Crippen LogP contribution in [0.1, 0.15) is 58.3 Å². The average molecular weight is 747 g/mol. The first-order valence-corrected chi connectivity index (χ1v) is 17.6. The van der Waals surface area contributed by atoms with E-state index in [0.717, 1.165) is 5.41 Å². The highest BCUT2D eigenvalue weighted by molar-refractivity contribution is 7.92. The van der Waals surface area contributed by atoms with Gasteiger partial charge in [0.25, 0.3) is 11.8 Å². The Hall–Kier alpha value is -3.60. The number of rotatable bonds is 10. The van der Waals surface area contributed by atoms with Gasteiger partial charge in [-0.25, -0.2) is 21.6 Å². The Morgan fingerprint density at radius 3 is 2.28 bits per heavy atom. The van der Waals surface area contributed by atoms with Crippen molar-refractivity contribution in [3.63, 3.8) is 0 Å². The van der Waals surface area contributed by atoms with Crippen molar-refractivity contribution >= 4 is 45.4 Å². The van der Waals surface area contributed by atoms with Crippen molar-refractivity contribution in [1.82, 2.24) is 14.5 Å². The number of ether oxygens (including phenoxy) is 1. The monoisotopic (exact) mass is 746 g/mol. The third-order valence-corrected chi connectivity index (χ3v) is 11.2. The van der Waals surface area contributed by atoms with Gasteiger partial charge in [-0.3, -0.25) is 14.6 Å². The van der Waals surface area contributed by atoms with E-state index < -0.39 is 52.7 Å². The molecule has 0 saturated carbocycles. The standard InChI is InChI=1S/C33H36ClF5N4O6S/c1-20-15-23(28(44)42-10-6-31(46,18-35)7-11-42)16-21(2)24(20)5-14-50(47,48)43-12-8-32(9-13-43)30(45)40-27(41-32)22-3-4-26(25(34)17-22)49-19-33(38,39)29(36)37/h3-5,14-17,29,46H,6-13,18-19H2,1-2H3,(H,40,41,45). The number of sulfonamides is 1. The van der Waals surface area contributed by atoms with Crippen LogP contribution in [-0.2, 0) is 14.8 Å². The number of amides is 2. The van der Waals surface area contributed by atoms with Crippen molar-refractivity contribution in [3.05, 3.63) is 68.6 Å². The summed E-state index contributed by atoms with van der Waals surface area (Å²) in [6.07, 6.45) is -2.03. The number of nitrogens with zero attached hydrogens (tertiary/aromatic N) is 3. The number of nitrogens with one attached hydrogen (secondary N) is 1. The molecule has 0 atom stereocenters. The number of hydrogen-bond acceptors (Lipinski definition) is 7. The highest BCUT2D eigenvalue weighted by atomic mass is 35.5. The summed E-state index contributed by atoms with van der Waals surface area (Å²) in [5.41, 5.74) is 0.0158. The molecule has 3 aliphatic rings. The minimum absolute atomic E-state index is 0.0124. The molecule has 17 heteroatoms. The first-order valence-electron chi connectivity index (χ1n) is 15.8. The summed E-state index contributed by atoms with van der Waals surface area (Å²) in [5.74, 6) is -5.20. The van der Waals surface area contributed by atoms with Gasteiger partial charge in [-0.15, -0.1) is 0 Å². The maximum atomic E-state index is 13.3. The Morgan fingerprint density at radius 1 is 1.10 bits per heavy atom. The van der Waals surface area contributed by atoms with E-state index in [1.807, 2.05) is 0 Å². The number of hydrogen-bond donors (Lipinski definition) is 2. The second-order valence-electron chi connectivity index (χ2n) is 12.9. The SMILES string of the molecule is Cc1cc(C(=O)N2CCC(O)(CF)CC2)cc(C)c1C=CS(=O)(=O)N1CCC2(CC1)N=C(c1ccc(OCC(F)(F)C(F)F)c(Cl)c1)NC2=O. The van der Waals surface area contributed by atoms with E-state index in [1.165, 1.54) is 28.6 Å². The van der Waals surface area contributed by atoms with E-state index in [0.29, 0.717) is 27.8 Å². The quantitative estimate of drug-likeness (QED) is 0.334. The van der Waals surface area contributed by atoms with Gasteiger partial charge in [0.2, 0.25) is 10.0 Å².